The molecule has 2 aromatic carbocycles. The average molecular weight is 463 g/mol. The zero-order chi connectivity index (χ0) is 25.3. The molecule has 0 saturated carbocycles. The number of carbonyl (C=O) groups excluding carboxylic acids is 2. The molecule has 0 aliphatic heterocycles. The van der Waals surface area contributed by atoms with E-state index in [2.05, 4.69) is 10.6 Å². The molecule has 0 aliphatic rings. The number of nitriles is 1. The topological polar surface area (TPSA) is 123 Å². The van der Waals surface area contributed by atoms with Crippen LogP contribution in [0.5, 0.6) is 0 Å². The quantitative estimate of drug-likeness (QED) is 0.388. The zero-order valence-corrected chi connectivity index (χ0v) is 19.8. The van der Waals surface area contributed by atoms with Gasteiger partial charge in [0.25, 0.3) is 5.91 Å². The van der Waals surface area contributed by atoms with E-state index in [1.54, 1.807) is 37.4 Å². The number of hydrogen-bond acceptors (Lipinski definition) is 4. The fourth-order valence-corrected chi connectivity index (χ4v) is 3.29. The van der Waals surface area contributed by atoms with Gasteiger partial charge in [-0.25, -0.2) is 4.79 Å². The summed E-state index contributed by atoms with van der Waals surface area (Å²) in [5, 5.41) is 23.6. The van der Waals surface area contributed by atoms with Crippen molar-refractivity contribution in [2.75, 3.05) is 11.9 Å². The lowest BCUT2D eigenvalue weighted by Gasteiger charge is -2.20. The maximum absolute atomic E-state index is 12.7. The van der Waals surface area contributed by atoms with E-state index in [-0.39, 0.29) is 24.5 Å². The van der Waals surface area contributed by atoms with Gasteiger partial charge in [0.1, 0.15) is 17.7 Å². The molecule has 3 N–H and O–H groups in total. The monoisotopic (exact) mass is 462 g/mol. The summed E-state index contributed by atoms with van der Waals surface area (Å²) in [6.07, 6.45) is 0.388. The second kappa shape index (κ2) is 12.2. The van der Waals surface area contributed by atoms with E-state index in [9.17, 15) is 24.8 Å². The normalized spacial score (nSPS) is 11.9. The Balaban J connectivity index is 2.16. The first kappa shape index (κ1) is 26.1. The van der Waals surface area contributed by atoms with Gasteiger partial charge in [0.2, 0.25) is 5.91 Å². The van der Waals surface area contributed by atoms with Crippen LogP contribution >= 0.6 is 0 Å². The van der Waals surface area contributed by atoms with Gasteiger partial charge in [-0.05, 0) is 36.1 Å². The molecular weight excluding hydrogens is 432 g/mol. The second-order valence-electron chi connectivity index (χ2n) is 8.38. The Hall–Kier alpha value is -4.12. The molecule has 8 heteroatoms. The number of amides is 3. The number of nitrogens with one attached hydrogen (secondary N) is 2. The Kier molecular flexibility index (Phi) is 9.38. The minimum absolute atomic E-state index is 0.0413. The van der Waals surface area contributed by atoms with E-state index in [1.165, 1.54) is 4.90 Å². The van der Waals surface area contributed by atoms with Gasteiger partial charge in [-0.3, -0.25) is 9.59 Å². The van der Waals surface area contributed by atoms with Gasteiger partial charge >= 0.3 is 6.09 Å². The fourth-order valence-electron chi connectivity index (χ4n) is 3.29. The molecule has 0 spiro atoms. The molecule has 8 nitrogen and oxygen atoms in total. The predicted molar refractivity (Wildman–Crippen MR) is 130 cm³/mol. The second-order valence-corrected chi connectivity index (χ2v) is 8.38. The third kappa shape index (κ3) is 7.78. The smallest absolute Gasteiger partial charge is 0.405 e. The number of carbonyl (C=O) groups is 3. The highest BCUT2D eigenvalue weighted by atomic mass is 16.4. The molecule has 2 aromatic rings. The summed E-state index contributed by atoms with van der Waals surface area (Å²) in [6.45, 7) is 6.00. The number of nitrogens with zero attached hydrogens (tertiary/aromatic N) is 2. The van der Waals surface area contributed by atoms with Gasteiger partial charge in [-0.15, -0.1) is 0 Å². The van der Waals surface area contributed by atoms with Gasteiger partial charge in [0.05, 0.1) is 0 Å². The van der Waals surface area contributed by atoms with Crippen LogP contribution in [-0.4, -0.2) is 36.1 Å². The van der Waals surface area contributed by atoms with E-state index in [4.69, 9.17) is 0 Å². The van der Waals surface area contributed by atoms with Crippen LogP contribution in [0.15, 0.2) is 60.2 Å². The average Bonchev–Trinajstić information content (AvgIpc) is 2.80. The van der Waals surface area contributed by atoms with Crippen molar-refractivity contribution in [3.8, 4) is 6.07 Å². The number of rotatable bonds is 9. The number of likely N-dealkylation sites (N-methyl/N-ethyl adjacent to an activating group) is 1. The highest BCUT2D eigenvalue weighted by molar-refractivity contribution is 6.07. The number of aryl methyl sites for hydroxylation is 1. The van der Waals surface area contributed by atoms with Gasteiger partial charge < -0.3 is 20.6 Å². The Morgan fingerprint density at radius 3 is 2.38 bits per heavy atom. The lowest BCUT2D eigenvalue weighted by atomic mass is 10.0. The van der Waals surface area contributed by atoms with Crippen LogP contribution in [0.25, 0.3) is 0 Å². The summed E-state index contributed by atoms with van der Waals surface area (Å²) in [7, 11) is 1.56. The lowest BCUT2D eigenvalue weighted by molar-refractivity contribution is -0.123. The minimum Gasteiger partial charge on any atom is -0.465 e. The van der Waals surface area contributed by atoms with Crippen LogP contribution in [0.1, 0.15) is 30.5 Å². The molecule has 34 heavy (non-hydrogen) atoms. The Morgan fingerprint density at radius 1 is 1.12 bits per heavy atom. The third-order valence-corrected chi connectivity index (χ3v) is 5.09. The van der Waals surface area contributed by atoms with Crippen molar-refractivity contribution < 1.29 is 19.5 Å². The molecule has 1 unspecified atom stereocenters. The first-order valence-corrected chi connectivity index (χ1v) is 10.9. The minimum atomic E-state index is -1.31. The van der Waals surface area contributed by atoms with Crippen molar-refractivity contribution in [3.05, 3.63) is 76.9 Å². The van der Waals surface area contributed by atoms with Crippen LogP contribution in [0.4, 0.5) is 10.5 Å². The number of allylic oxidation sites excluding steroid dienone is 1. The van der Waals surface area contributed by atoms with Gasteiger partial charge in [0, 0.05) is 25.7 Å². The largest absolute Gasteiger partial charge is 0.465 e. The van der Waals surface area contributed by atoms with E-state index in [1.807, 2.05) is 51.1 Å². The number of carboxylic acid groups (broad SMARTS) is 1. The van der Waals surface area contributed by atoms with Crippen LogP contribution in [0.2, 0.25) is 0 Å². The van der Waals surface area contributed by atoms with Crippen molar-refractivity contribution in [1.82, 2.24) is 10.6 Å². The van der Waals surface area contributed by atoms with Crippen molar-refractivity contribution in [1.29, 1.82) is 5.26 Å². The van der Waals surface area contributed by atoms with Crippen molar-refractivity contribution in [2.24, 2.45) is 5.92 Å². The van der Waals surface area contributed by atoms with Crippen molar-refractivity contribution in [3.63, 3.8) is 0 Å². The van der Waals surface area contributed by atoms with E-state index in [0.717, 1.165) is 11.1 Å². The molecule has 0 fully saturated rings. The number of benzene rings is 2. The molecule has 2 rings (SSSR count). The van der Waals surface area contributed by atoms with Crippen LogP contribution in [0.3, 0.4) is 0 Å². The predicted octanol–water partition coefficient (Wildman–Crippen LogP) is 3.56. The zero-order valence-electron chi connectivity index (χ0n) is 19.8. The van der Waals surface area contributed by atoms with Crippen LogP contribution in [-0.2, 0) is 22.6 Å². The summed E-state index contributed by atoms with van der Waals surface area (Å²) in [5.74, 6) is -0.853. The Morgan fingerprint density at radius 2 is 1.79 bits per heavy atom. The molecular formula is C26H30N4O4. The molecule has 0 heterocycles. The molecule has 0 saturated heterocycles. The number of hydrogen-bond donors (Lipinski definition) is 3. The maximum atomic E-state index is 12.7. The molecule has 178 valence electrons. The summed E-state index contributed by atoms with van der Waals surface area (Å²) < 4.78 is 0. The summed E-state index contributed by atoms with van der Waals surface area (Å²) in [5.41, 5.74) is 3.24. The summed E-state index contributed by atoms with van der Waals surface area (Å²) >= 11 is 0. The van der Waals surface area contributed by atoms with E-state index < -0.39 is 23.9 Å². The standard InChI is InChI=1S/C26H30N4O4/c1-17(2)12-21(15-27)25(32)30(4)22-7-5-6-20(13-22)14-23(29-26(33)34)24(31)28-16-19-10-8-18(3)9-11-19/h5-13,17,23,29H,14,16H2,1-4H3,(H,28,31)(H,33,34). The Labute approximate surface area is 199 Å². The SMILES string of the molecule is Cc1ccc(CNC(=O)C(Cc2cccc(N(C)C(=O)C(C#N)=CC(C)C)c2)NC(=O)O)cc1. The summed E-state index contributed by atoms with van der Waals surface area (Å²) in [4.78, 5) is 38.1. The van der Waals surface area contributed by atoms with Gasteiger partial charge in [-0.1, -0.05) is 61.9 Å². The fraction of sp³-hybridized carbons (Fsp3) is 0.308. The van der Waals surface area contributed by atoms with E-state index >= 15 is 0 Å². The van der Waals surface area contributed by atoms with Gasteiger partial charge in [-0.2, -0.15) is 5.26 Å². The first-order chi connectivity index (χ1) is 16.1. The molecule has 3 amide bonds. The Bertz CT molecular complexity index is 1100. The highest BCUT2D eigenvalue weighted by Gasteiger charge is 2.22. The molecule has 0 aliphatic carbocycles. The molecule has 0 aromatic heterocycles. The van der Waals surface area contributed by atoms with Crippen molar-refractivity contribution in [2.45, 2.75) is 39.8 Å². The molecule has 0 radical (unpaired) electrons. The first-order valence-electron chi connectivity index (χ1n) is 10.9. The van der Waals surface area contributed by atoms with Crippen LogP contribution in [0, 0.1) is 24.2 Å². The van der Waals surface area contributed by atoms with Gasteiger partial charge in [0.15, 0.2) is 0 Å². The highest BCUT2D eigenvalue weighted by Crippen LogP contribution is 2.19. The van der Waals surface area contributed by atoms with Crippen LogP contribution < -0.4 is 15.5 Å². The lowest BCUT2D eigenvalue weighted by Crippen LogP contribution is -2.47. The molecule has 1 atom stereocenters. The number of anilines is 1. The third-order valence-electron chi connectivity index (χ3n) is 5.09. The summed E-state index contributed by atoms with van der Waals surface area (Å²) in [6, 6.07) is 15.5. The van der Waals surface area contributed by atoms with E-state index in [0.29, 0.717) is 11.3 Å². The maximum Gasteiger partial charge on any atom is 0.405 e. The van der Waals surface area contributed by atoms with Crippen molar-refractivity contribution >= 4 is 23.6 Å². The molecule has 0 bridgehead atoms.